The maximum absolute atomic E-state index is 10.8. The lowest BCUT2D eigenvalue weighted by atomic mass is 10.1. The highest BCUT2D eigenvalue weighted by Gasteiger charge is 2.07. The van der Waals surface area contributed by atoms with Gasteiger partial charge in [0.1, 0.15) is 5.75 Å². The van der Waals surface area contributed by atoms with Crippen molar-refractivity contribution in [3.05, 3.63) is 29.8 Å². The standard InChI is InChI=1S/C10H11NO3/c1-7(11-13)9-5-3-4-6-10(9)14-8(2)12/h3-6,13H,1-2H3/b11-7+. The van der Waals surface area contributed by atoms with E-state index in [4.69, 9.17) is 9.94 Å². The summed E-state index contributed by atoms with van der Waals surface area (Å²) < 4.78 is 4.94. The quantitative estimate of drug-likeness (QED) is 0.256. The molecule has 0 saturated carbocycles. The minimum atomic E-state index is -0.400. The second-order valence-corrected chi connectivity index (χ2v) is 2.78. The van der Waals surface area contributed by atoms with Gasteiger partial charge >= 0.3 is 5.97 Å². The van der Waals surface area contributed by atoms with Gasteiger partial charge in [0, 0.05) is 12.5 Å². The van der Waals surface area contributed by atoms with Crippen LogP contribution in [0.1, 0.15) is 19.4 Å². The van der Waals surface area contributed by atoms with Crippen molar-refractivity contribution in [3.63, 3.8) is 0 Å². The normalized spacial score (nSPS) is 11.1. The van der Waals surface area contributed by atoms with Gasteiger partial charge in [-0.15, -0.1) is 0 Å². The van der Waals surface area contributed by atoms with Gasteiger partial charge in [0.15, 0.2) is 0 Å². The predicted octanol–water partition coefficient (Wildman–Crippen LogP) is 1.81. The number of para-hydroxylation sites is 1. The molecule has 4 nitrogen and oxygen atoms in total. The fourth-order valence-corrected chi connectivity index (χ4v) is 1.06. The number of rotatable bonds is 2. The first-order chi connectivity index (χ1) is 6.65. The summed E-state index contributed by atoms with van der Waals surface area (Å²) in [6.45, 7) is 2.95. The molecule has 0 unspecified atom stereocenters. The van der Waals surface area contributed by atoms with Crippen molar-refractivity contribution in [2.24, 2.45) is 5.16 Å². The molecule has 0 atom stereocenters. The van der Waals surface area contributed by atoms with Gasteiger partial charge in [0.05, 0.1) is 5.71 Å². The fourth-order valence-electron chi connectivity index (χ4n) is 1.06. The van der Waals surface area contributed by atoms with Crippen LogP contribution in [0, 0.1) is 0 Å². The maximum Gasteiger partial charge on any atom is 0.308 e. The summed E-state index contributed by atoms with van der Waals surface area (Å²) in [7, 11) is 0. The summed E-state index contributed by atoms with van der Waals surface area (Å²) in [6.07, 6.45) is 0. The minimum absolute atomic E-state index is 0.398. The van der Waals surface area contributed by atoms with E-state index in [9.17, 15) is 4.79 Å². The molecule has 0 spiro atoms. The third-order valence-electron chi connectivity index (χ3n) is 1.68. The number of nitrogens with zero attached hydrogens (tertiary/aromatic N) is 1. The molecular weight excluding hydrogens is 182 g/mol. The first kappa shape index (κ1) is 10.2. The number of carbonyl (C=O) groups excluding carboxylic acids is 1. The smallest absolute Gasteiger partial charge is 0.308 e. The summed E-state index contributed by atoms with van der Waals surface area (Å²) >= 11 is 0. The zero-order chi connectivity index (χ0) is 10.6. The Labute approximate surface area is 81.8 Å². The van der Waals surface area contributed by atoms with Crippen molar-refractivity contribution in [2.45, 2.75) is 13.8 Å². The molecular formula is C10H11NO3. The van der Waals surface area contributed by atoms with Crippen LogP contribution in [0.3, 0.4) is 0 Å². The molecule has 0 aliphatic rings. The molecule has 0 bridgehead atoms. The number of benzene rings is 1. The number of ether oxygens (including phenoxy) is 1. The van der Waals surface area contributed by atoms with Crippen molar-refractivity contribution >= 4 is 11.7 Å². The molecule has 0 aromatic heterocycles. The molecule has 0 radical (unpaired) electrons. The van der Waals surface area contributed by atoms with Crippen molar-refractivity contribution in [1.82, 2.24) is 0 Å². The molecule has 14 heavy (non-hydrogen) atoms. The van der Waals surface area contributed by atoms with Gasteiger partial charge in [-0.25, -0.2) is 0 Å². The van der Waals surface area contributed by atoms with E-state index in [0.717, 1.165) is 0 Å². The van der Waals surface area contributed by atoms with E-state index < -0.39 is 5.97 Å². The molecule has 1 rings (SSSR count). The molecule has 0 amide bonds. The Kier molecular flexibility index (Phi) is 3.23. The Morgan fingerprint density at radius 3 is 2.57 bits per heavy atom. The van der Waals surface area contributed by atoms with Gasteiger partial charge in [0.2, 0.25) is 0 Å². The van der Waals surface area contributed by atoms with Crippen LogP contribution in [0.2, 0.25) is 0 Å². The molecule has 1 aromatic rings. The molecule has 0 saturated heterocycles. The number of esters is 1. The van der Waals surface area contributed by atoms with Crippen LogP contribution in [-0.4, -0.2) is 16.9 Å². The third-order valence-corrected chi connectivity index (χ3v) is 1.68. The van der Waals surface area contributed by atoms with Gasteiger partial charge < -0.3 is 9.94 Å². The maximum atomic E-state index is 10.8. The van der Waals surface area contributed by atoms with Gasteiger partial charge in [-0.2, -0.15) is 0 Å². The molecule has 1 aromatic carbocycles. The first-order valence-electron chi connectivity index (χ1n) is 4.11. The van der Waals surface area contributed by atoms with Gasteiger partial charge in [-0.1, -0.05) is 17.3 Å². The predicted molar refractivity (Wildman–Crippen MR) is 51.7 cm³/mol. The van der Waals surface area contributed by atoms with Crippen molar-refractivity contribution < 1.29 is 14.7 Å². The second-order valence-electron chi connectivity index (χ2n) is 2.78. The summed E-state index contributed by atoms with van der Waals surface area (Å²) in [4.78, 5) is 10.8. The van der Waals surface area contributed by atoms with E-state index in [1.807, 2.05) is 0 Å². The highest BCUT2D eigenvalue weighted by molar-refractivity contribution is 6.01. The largest absolute Gasteiger partial charge is 0.426 e. The Morgan fingerprint density at radius 1 is 1.36 bits per heavy atom. The topological polar surface area (TPSA) is 58.9 Å². The number of oxime groups is 1. The fraction of sp³-hybridized carbons (Fsp3) is 0.200. The van der Waals surface area contributed by atoms with Gasteiger partial charge in [-0.3, -0.25) is 4.79 Å². The summed E-state index contributed by atoms with van der Waals surface area (Å²) in [5.41, 5.74) is 1.01. The SMILES string of the molecule is CC(=O)Oc1ccccc1/C(C)=N/O. The lowest BCUT2D eigenvalue weighted by molar-refractivity contribution is -0.131. The van der Waals surface area contributed by atoms with E-state index in [-0.39, 0.29) is 0 Å². The summed E-state index contributed by atoms with van der Waals surface area (Å²) in [6, 6.07) is 6.88. The van der Waals surface area contributed by atoms with E-state index >= 15 is 0 Å². The number of hydrogen-bond acceptors (Lipinski definition) is 4. The van der Waals surface area contributed by atoms with Crippen LogP contribution in [0.15, 0.2) is 29.4 Å². The molecule has 0 heterocycles. The molecule has 1 N–H and O–H groups in total. The number of carbonyl (C=O) groups is 1. The van der Waals surface area contributed by atoms with Crippen LogP contribution in [0.5, 0.6) is 5.75 Å². The summed E-state index contributed by atoms with van der Waals surface area (Å²) in [5.74, 6) is -0.00140. The summed E-state index contributed by atoms with van der Waals surface area (Å²) in [5, 5.41) is 11.6. The monoisotopic (exact) mass is 193 g/mol. The first-order valence-corrected chi connectivity index (χ1v) is 4.11. The molecule has 74 valence electrons. The van der Waals surface area contributed by atoms with Crippen LogP contribution in [0.25, 0.3) is 0 Å². The average molecular weight is 193 g/mol. The second kappa shape index (κ2) is 4.41. The van der Waals surface area contributed by atoms with Crippen LogP contribution in [0.4, 0.5) is 0 Å². The van der Waals surface area contributed by atoms with Crippen LogP contribution < -0.4 is 4.74 Å². The van der Waals surface area contributed by atoms with E-state index in [0.29, 0.717) is 17.0 Å². The highest BCUT2D eigenvalue weighted by atomic mass is 16.5. The van der Waals surface area contributed by atoms with Crippen molar-refractivity contribution in [2.75, 3.05) is 0 Å². The molecule has 0 fully saturated rings. The average Bonchev–Trinajstić information content (AvgIpc) is 2.16. The minimum Gasteiger partial charge on any atom is -0.426 e. The Hall–Kier alpha value is -1.84. The van der Waals surface area contributed by atoms with E-state index in [1.165, 1.54) is 6.92 Å². The van der Waals surface area contributed by atoms with Crippen LogP contribution in [-0.2, 0) is 4.79 Å². The van der Waals surface area contributed by atoms with Crippen molar-refractivity contribution in [3.8, 4) is 5.75 Å². The Balaban J connectivity index is 3.09. The zero-order valence-electron chi connectivity index (χ0n) is 8.02. The van der Waals surface area contributed by atoms with Gasteiger partial charge in [-0.05, 0) is 19.1 Å². The van der Waals surface area contributed by atoms with Crippen molar-refractivity contribution in [1.29, 1.82) is 0 Å². The van der Waals surface area contributed by atoms with Crippen LogP contribution >= 0.6 is 0 Å². The number of hydrogen-bond donors (Lipinski definition) is 1. The van der Waals surface area contributed by atoms with E-state index in [1.54, 1.807) is 31.2 Å². The van der Waals surface area contributed by atoms with E-state index in [2.05, 4.69) is 5.16 Å². The Morgan fingerprint density at radius 2 is 2.00 bits per heavy atom. The molecule has 0 aliphatic heterocycles. The highest BCUT2D eigenvalue weighted by Crippen LogP contribution is 2.18. The molecule has 4 heteroatoms. The lowest BCUT2D eigenvalue weighted by Gasteiger charge is -2.06. The third kappa shape index (κ3) is 2.32. The lowest BCUT2D eigenvalue weighted by Crippen LogP contribution is -2.06. The zero-order valence-corrected chi connectivity index (χ0v) is 8.02. The van der Waals surface area contributed by atoms with Gasteiger partial charge in [0.25, 0.3) is 0 Å². The molecule has 0 aliphatic carbocycles. The Bertz CT molecular complexity index is 371.